The van der Waals surface area contributed by atoms with Crippen LogP contribution in [0.5, 0.6) is 0 Å². The lowest BCUT2D eigenvalue weighted by Crippen LogP contribution is -2.57. The van der Waals surface area contributed by atoms with Crippen molar-refractivity contribution in [2.45, 2.75) is 19.8 Å². The zero-order chi connectivity index (χ0) is 15.6. The summed E-state index contributed by atoms with van der Waals surface area (Å²) < 4.78 is 28.9. The Balaban J connectivity index is 1.78. The maximum Gasteiger partial charge on any atom is 0.309 e. The number of hydrogen-bond acceptors (Lipinski definition) is 5. The molecule has 0 unspecified atom stereocenters. The summed E-state index contributed by atoms with van der Waals surface area (Å²) in [7, 11) is -3.19. The van der Waals surface area contributed by atoms with Crippen LogP contribution >= 0.6 is 0 Å². The van der Waals surface area contributed by atoms with Crippen molar-refractivity contribution in [3.63, 3.8) is 0 Å². The van der Waals surface area contributed by atoms with Crippen LogP contribution in [0, 0.1) is 11.8 Å². The van der Waals surface area contributed by atoms with Gasteiger partial charge in [0.2, 0.25) is 15.9 Å². The first-order chi connectivity index (χ1) is 9.82. The van der Waals surface area contributed by atoms with Crippen LogP contribution in [-0.4, -0.2) is 68.5 Å². The van der Waals surface area contributed by atoms with Crippen molar-refractivity contribution < 1.29 is 22.7 Å². The average molecular weight is 318 g/mol. The number of carbonyl (C=O) groups excluding carboxylic acids is 2. The highest BCUT2D eigenvalue weighted by Crippen LogP contribution is 2.25. The Hall–Kier alpha value is -1.15. The fourth-order valence-corrected chi connectivity index (χ4v) is 3.62. The third kappa shape index (κ3) is 3.74. The van der Waals surface area contributed by atoms with E-state index in [2.05, 4.69) is 0 Å². The summed E-state index contributed by atoms with van der Waals surface area (Å²) in [5.41, 5.74) is 0. The number of likely N-dealkylation sites (tertiary alicyclic amines) is 1. The SMILES string of the molecule is CCOC(=O)C1CCN(C(=O)C2CN(S(C)(=O)=O)C2)CC1. The van der Waals surface area contributed by atoms with E-state index in [9.17, 15) is 18.0 Å². The van der Waals surface area contributed by atoms with Crippen LogP contribution in [0.15, 0.2) is 0 Å². The van der Waals surface area contributed by atoms with Crippen molar-refractivity contribution in [1.82, 2.24) is 9.21 Å². The van der Waals surface area contributed by atoms with E-state index in [-0.39, 0.29) is 36.8 Å². The molecule has 2 aliphatic heterocycles. The van der Waals surface area contributed by atoms with Crippen LogP contribution in [0.25, 0.3) is 0 Å². The Morgan fingerprint density at radius 2 is 1.71 bits per heavy atom. The second kappa shape index (κ2) is 6.31. The van der Waals surface area contributed by atoms with E-state index in [1.807, 2.05) is 0 Å². The van der Waals surface area contributed by atoms with E-state index in [0.29, 0.717) is 32.5 Å². The molecule has 120 valence electrons. The Bertz CT molecular complexity index is 505. The van der Waals surface area contributed by atoms with Gasteiger partial charge in [-0.2, -0.15) is 0 Å². The molecule has 2 saturated heterocycles. The highest BCUT2D eigenvalue weighted by atomic mass is 32.2. The van der Waals surface area contributed by atoms with Gasteiger partial charge in [-0.15, -0.1) is 0 Å². The van der Waals surface area contributed by atoms with E-state index in [0.717, 1.165) is 6.26 Å². The van der Waals surface area contributed by atoms with Crippen molar-refractivity contribution >= 4 is 21.9 Å². The van der Waals surface area contributed by atoms with E-state index in [1.54, 1.807) is 11.8 Å². The summed E-state index contributed by atoms with van der Waals surface area (Å²) in [5, 5.41) is 0. The molecule has 21 heavy (non-hydrogen) atoms. The third-order valence-electron chi connectivity index (χ3n) is 4.09. The minimum atomic E-state index is -3.19. The standard InChI is InChI=1S/C13H22N2O5S/c1-3-20-13(17)10-4-6-14(7-5-10)12(16)11-8-15(9-11)21(2,18)19/h10-11H,3-9H2,1-2H3. The van der Waals surface area contributed by atoms with Gasteiger partial charge in [-0.05, 0) is 19.8 Å². The second-order valence-electron chi connectivity index (χ2n) is 5.63. The molecular weight excluding hydrogens is 296 g/mol. The predicted molar refractivity (Wildman–Crippen MR) is 75.8 cm³/mol. The fourth-order valence-electron chi connectivity index (χ4n) is 2.72. The number of carbonyl (C=O) groups is 2. The third-order valence-corrected chi connectivity index (χ3v) is 5.33. The van der Waals surface area contributed by atoms with Crippen LogP contribution in [0.4, 0.5) is 0 Å². The predicted octanol–water partition coefficient (Wildman–Crippen LogP) is -0.320. The molecule has 0 saturated carbocycles. The normalized spacial score (nSPS) is 21.9. The van der Waals surface area contributed by atoms with Crippen molar-refractivity contribution in [3.8, 4) is 0 Å². The Morgan fingerprint density at radius 3 is 2.19 bits per heavy atom. The van der Waals surface area contributed by atoms with Crippen LogP contribution in [-0.2, 0) is 24.3 Å². The van der Waals surface area contributed by atoms with Gasteiger partial charge in [-0.1, -0.05) is 0 Å². The smallest absolute Gasteiger partial charge is 0.309 e. The molecule has 0 bridgehead atoms. The summed E-state index contributed by atoms with van der Waals surface area (Å²) >= 11 is 0. The summed E-state index contributed by atoms with van der Waals surface area (Å²) in [6.07, 6.45) is 2.39. The van der Waals surface area contributed by atoms with Gasteiger partial charge in [0.25, 0.3) is 0 Å². The largest absolute Gasteiger partial charge is 0.466 e. The number of hydrogen-bond donors (Lipinski definition) is 0. The molecule has 0 spiro atoms. The Morgan fingerprint density at radius 1 is 1.14 bits per heavy atom. The lowest BCUT2D eigenvalue weighted by atomic mass is 9.94. The molecule has 0 aliphatic carbocycles. The van der Waals surface area contributed by atoms with Crippen molar-refractivity contribution in [2.75, 3.05) is 39.0 Å². The quantitative estimate of drug-likeness (QED) is 0.663. The zero-order valence-electron chi connectivity index (χ0n) is 12.4. The topological polar surface area (TPSA) is 84.0 Å². The van der Waals surface area contributed by atoms with Crippen molar-refractivity contribution in [3.05, 3.63) is 0 Å². The van der Waals surface area contributed by atoms with E-state index < -0.39 is 10.0 Å². The lowest BCUT2D eigenvalue weighted by molar-refractivity contribution is -0.152. The van der Waals surface area contributed by atoms with Gasteiger partial charge in [0.1, 0.15) is 0 Å². The zero-order valence-corrected chi connectivity index (χ0v) is 13.3. The number of nitrogens with zero attached hydrogens (tertiary/aromatic N) is 2. The maximum absolute atomic E-state index is 12.2. The van der Waals surface area contributed by atoms with E-state index in [1.165, 1.54) is 4.31 Å². The number of ether oxygens (including phenoxy) is 1. The number of sulfonamides is 1. The summed E-state index contributed by atoms with van der Waals surface area (Å²) in [5.74, 6) is -0.546. The minimum Gasteiger partial charge on any atom is -0.466 e. The monoisotopic (exact) mass is 318 g/mol. The van der Waals surface area contributed by atoms with Crippen LogP contribution in [0.2, 0.25) is 0 Å². The van der Waals surface area contributed by atoms with Gasteiger partial charge in [0.15, 0.2) is 0 Å². The number of amides is 1. The van der Waals surface area contributed by atoms with E-state index >= 15 is 0 Å². The molecule has 0 radical (unpaired) electrons. The molecule has 0 aromatic heterocycles. The van der Waals surface area contributed by atoms with Gasteiger partial charge >= 0.3 is 5.97 Å². The molecule has 2 rings (SSSR count). The molecule has 1 amide bonds. The Labute approximate surface area is 125 Å². The summed E-state index contributed by atoms with van der Waals surface area (Å²) in [4.78, 5) is 25.6. The number of rotatable bonds is 4. The number of esters is 1. The second-order valence-corrected chi connectivity index (χ2v) is 7.61. The molecule has 2 fully saturated rings. The molecule has 0 atom stereocenters. The highest BCUT2D eigenvalue weighted by Gasteiger charge is 2.40. The maximum atomic E-state index is 12.2. The molecule has 0 aromatic rings. The van der Waals surface area contributed by atoms with Crippen LogP contribution in [0.3, 0.4) is 0 Å². The molecule has 0 aromatic carbocycles. The number of piperidine rings is 1. The van der Waals surface area contributed by atoms with Gasteiger partial charge in [-0.25, -0.2) is 12.7 Å². The average Bonchev–Trinajstić information content (AvgIpc) is 2.35. The molecule has 2 heterocycles. The van der Waals surface area contributed by atoms with Gasteiger partial charge < -0.3 is 9.64 Å². The minimum absolute atomic E-state index is 0.00258. The van der Waals surface area contributed by atoms with E-state index in [4.69, 9.17) is 4.74 Å². The fraction of sp³-hybridized carbons (Fsp3) is 0.846. The lowest BCUT2D eigenvalue weighted by Gasteiger charge is -2.40. The summed E-state index contributed by atoms with van der Waals surface area (Å²) in [6.45, 7) is 3.78. The van der Waals surface area contributed by atoms with Crippen molar-refractivity contribution in [1.29, 1.82) is 0 Å². The molecule has 7 nitrogen and oxygen atoms in total. The molecule has 2 aliphatic rings. The van der Waals surface area contributed by atoms with Gasteiger partial charge in [-0.3, -0.25) is 9.59 Å². The first-order valence-electron chi connectivity index (χ1n) is 7.23. The molecular formula is C13H22N2O5S. The van der Waals surface area contributed by atoms with Gasteiger partial charge in [0.05, 0.1) is 24.7 Å². The summed E-state index contributed by atoms with van der Waals surface area (Å²) in [6, 6.07) is 0. The highest BCUT2D eigenvalue weighted by molar-refractivity contribution is 7.88. The van der Waals surface area contributed by atoms with Gasteiger partial charge in [0, 0.05) is 26.2 Å². The van der Waals surface area contributed by atoms with Crippen molar-refractivity contribution in [2.24, 2.45) is 11.8 Å². The first-order valence-corrected chi connectivity index (χ1v) is 9.08. The first kappa shape index (κ1) is 16.2. The molecule has 8 heteroatoms. The molecule has 0 N–H and O–H groups in total. The van der Waals surface area contributed by atoms with Crippen LogP contribution in [0.1, 0.15) is 19.8 Å². The Kier molecular flexibility index (Phi) is 4.88. The van der Waals surface area contributed by atoms with Crippen LogP contribution < -0.4 is 0 Å².